The fourth-order valence-corrected chi connectivity index (χ4v) is 4.94. The monoisotopic (exact) mass is 522 g/mol. The molecule has 1 aliphatic heterocycles. The molecule has 0 spiro atoms. The third kappa shape index (κ3) is 5.68. The van der Waals surface area contributed by atoms with Gasteiger partial charge in [-0.25, -0.2) is 4.39 Å². The Kier molecular flexibility index (Phi) is 7.60. The van der Waals surface area contributed by atoms with E-state index in [0.29, 0.717) is 33.0 Å². The van der Waals surface area contributed by atoms with E-state index in [2.05, 4.69) is 5.32 Å². The molecule has 0 atom stereocenters. The Bertz CT molecular complexity index is 1260. The summed E-state index contributed by atoms with van der Waals surface area (Å²) < 4.78 is 61.5. The minimum atomic E-state index is -4.54. The molecule has 0 unspecified atom stereocenters. The maximum absolute atomic E-state index is 15.1. The molecule has 2 heterocycles. The van der Waals surface area contributed by atoms with Crippen LogP contribution in [0, 0.1) is 5.82 Å². The van der Waals surface area contributed by atoms with Gasteiger partial charge in [0.15, 0.2) is 11.6 Å². The van der Waals surface area contributed by atoms with Gasteiger partial charge in [0.25, 0.3) is 0 Å². The summed E-state index contributed by atoms with van der Waals surface area (Å²) in [6, 6.07) is 12.5. The molecule has 1 aliphatic rings. The highest BCUT2D eigenvalue weighted by Crippen LogP contribution is 2.43. The smallest absolute Gasteiger partial charge is 0.426 e. The van der Waals surface area contributed by atoms with Crippen LogP contribution in [0.15, 0.2) is 48.5 Å². The normalized spacial score (nSPS) is 13.1. The predicted molar refractivity (Wildman–Crippen MR) is 127 cm³/mol. The number of amides is 1. The third-order valence-corrected chi connectivity index (χ3v) is 6.80. The van der Waals surface area contributed by atoms with Gasteiger partial charge >= 0.3 is 12.1 Å². The van der Waals surface area contributed by atoms with Crippen LogP contribution in [0.4, 0.5) is 23.2 Å². The van der Waals surface area contributed by atoms with Crippen LogP contribution in [-0.2, 0) is 28.8 Å². The third-order valence-electron chi connectivity index (χ3n) is 5.65. The first kappa shape index (κ1) is 25.6. The number of carbonyl (C=O) groups excluding carboxylic acids is 1. The van der Waals surface area contributed by atoms with Crippen molar-refractivity contribution in [2.45, 2.75) is 25.6 Å². The zero-order valence-electron chi connectivity index (χ0n) is 18.9. The summed E-state index contributed by atoms with van der Waals surface area (Å²) in [5, 5.41) is 11.4. The molecule has 0 aliphatic carbocycles. The molecule has 2 aromatic carbocycles. The standard InChI is InChI=1S/C25H22F4N2O4S/c26-23-17-9-11-31(21(32)13-30-10-8-22(33)34)19(17)6-7-20(23)35-14-16-12-18(15-4-2-1-3-5-15)24(36-16)25(27,28)29/h1-7,12,30H,8-11,13-14H2,(H,33,34). The van der Waals surface area contributed by atoms with Crippen molar-refractivity contribution in [2.75, 3.05) is 24.5 Å². The number of fused-ring (bicyclic) bond motifs is 1. The fourth-order valence-electron chi connectivity index (χ4n) is 3.99. The van der Waals surface area contributed by atoms with Crippen molar-refractivity contribution in [1.82, 2.24) is 5.32 Å². The van der Waals surface area contributed by atoms with E-state index in [-0.39, 0.29) is 56.3 Å². The Morgan fingerprint density at radius 2 is 1.89 bits per heavy atom. The minimum absolute atomic E-state index is 0.0484. The number of alkyl halides is 3. The molecule has 0 saturated carbocycles. The number of nitrogens with one attached hydrogen (secondary N) is 1. The lowest BCUT2D eigenvalue weighted by Crippen LogP contribution is -2.37. The first-order valence-electron chi connectivity index (χ1n) is 11.1. The maximum atomic E-state index is 15.1. The van der Waals surface area contributed by atoms with Crippen LogP contribution in [-0.4, -0.2) is 36.6 Å². The van der Waals surface area contributed by atoms with E-state index in [4.69, 9.17) is 9.84 Å². The molecular weight excluding hydrogens is 500 g/mol. The van der Waals surface area contributed by atoms with Crippen molar-refractivity contribution in [2.24, 2.45) is 0 Å². The van der Waals surface area contributed by atoms with Gasteiger partial charge in [-0.05, 0) is 30.2 Å². The van der Waals surface area contributed by atoms with E-state index in [0.717, 1.165) is 0 Å². The molecule has 0 radical (unpaired) electrons. The van der Waals surface area contributed by atoms with Crippen molar-refractivity contribution in [3.8, 4) is 16.9 Å². The number of benzene rings is 2. The summed E-state index contributed by atoms with van der Waals surface area (Å²) in [6.45, 7) is 0.0613. The first-order valence-corrected chi connectivity index (χ1v) is 11.9. The number of carboxylic acid groups (broad SMARTS) is 1. The second kappa shape index (κ2) is 10.7. The van der Waals surface area contributed by atoms with Crippen LogP contribution in [0.25, 0.3) is 11.1 Å². The first-order chi connectivity index (χ1) is 17.1. The van der Waals surface area contributed by atoms with Gasteiger partial charge in [-0.15, -0.1) is 11.3 Å². The van der Waals surface area contributed by atoms with Crippen molar-refractivity contribution in [3.05, 3.63) is 69.7 Å². The minimum Gasteiger partial charge on any atom is -0.485 e. The highest BCUT2D eigenvalue weighted by molar-refractivity contribution is 7.12. The molecule has 4 rings (SSSR count). The number of carboxylic acids is 1. The van der Waals surface area contributed by atoms with Crippen molar-refractivity contribution in [3.63, 3.8) is 0 Å². The van der Waals surface area contributed by atoms with Gasteiger partial charge in [-0.3, -0.25) is 9.59 Å². The predicted octanol–water partition coefficient (Wildman–Crippen LogP) is 5.11. The molecule has 2 N–H and O–H groups in total. The number of ether oxygens (including phenoxy) is 1. The second-order valence-corrected chi connectivity index (χ2v) is 9.24. The Hall–Kier alpha value is -3.44. The van der Waals surface area contributed by atoms with Crippen LogP contribution < -0.4 is 15.0 Å². The van der Waals surface area contributed by atoms with Gasteiger partial charge < -0.3 is 20.1 Å². The van der Waals surface area contributed by atoms with E-state index in [9.17, 15) is 22.8 Å². The summed E-state index contributed by atoms with van der Waals surface area (Å²) in [7, 11) is 0. The number of rotatable bonds is 9. The van der Waals surface area contributed by atoms with Gasteiger partial charge in [0.1, 0.15) is 11.5 Å². The summed E-state index contributed by atoms with van der Waals surface area (Å²) >= 11 is 0.558. The number of hydrogen-bond acceptors (Lipinski definition) is 5. The van der Waals surface area contributed by atoms with Crippen LogP contribution in [0.1, 0.15) is 21.7 Å². The molecule has 6 nitrogen and oxygen atoms in total. The van der Waals surface area contributed by atoms with Crippen LogP contribution >= 0.6 is 11.3 Å². The van der Waals surface area contributed by atoms with Gasteiger partial charge in [-0.1, -0.05) is 30.3 Å². The average Bonchev–Trinajstić information content (AvgIpc) is 3.47. The van der Waals surface area contributed by atoms with E-state index < -0.39 is 22.8 Å². The van der Waals surface area contributed by atoms with E-state index in [1.807, 2.05) is 0 Å². The van der Waals surface area contributed by atoms with Gasteiger partial charge in [0.05, 0.1) is 18.7 Å². The number of carbonyl (C=O) groups is 2. The Labute approximate surface area is 208 Å². The Balaban J connectivity index is 1.46. The lowest BCUT2D eigenvalue weighted by atomic mass is 10.1. The van der Waals surface area contributed by atoms with E-state index >= 15 is 4.39 Å². The zero-order chi connectivity index (χ0) is 25.9. The molecule has 0 fully saturated rings. The van der Waals surface area contributed by atoms with E-state index in [1.165, 1.54) is 17.0 Å². The Morgan fingerprint density at radius 1 is 1.14 bits per heavy atom. The molecule has 11 heteroatoms. The maximum Gasteiger partial charge on any atom is 0.426 e. The lowest BCUT2D eigenvalue weighted by Gasteiger charge is -2.18. The molecular formula is C25H22F4N2O4S. The highest BCUT2D eigenvalue weighted by Gasteiger charge is 2.36. The van der Waals surface area contributed by atoms with Crippen LogP contribution in [0.3, 0.4) is 0 Å². The van der Waals surface area contributed by atoms with Gasteiger partial charge in [0.2, 0.25) is 5.91 Å². The average molecular weight is 523 g/mol. The van der Waals surface area contributed by atoms with Crippen LogP contribution in [0.5, 0.6) is 5.75 Å². The number of nitrogens with zero attached hydrogens (tertiary/aromatic N) is 1. The quantitative estimate of drug-likeness (QED) is 0.302. The van der Waals surface area contributed by atoms with Crippen molar-refractivity contribution < 1.29 is 37.0 Å². The molecule has 36 heavy (non-hydrogen) atoms. The number of thiophene rings is 1. The summed E-state index contributed by atoms with van der Waals surface area (Å²) in [5.74, 6) is -2.06. The fraction of sp³-hybridized carbons (Fsp3) is 0.280. The van der Waals surface area contributed by atoms with Crippen LogP contribution in [0.2, 0.25) is 0 Å². The summed E-state index contributed by atoms with van der Waals surface area (Å²) in [4.78, 5) is 24.0. The van der Waals surface area contributed by atoms with Crippen molar-refractivity contribution in [1.29, 1.82) is 0 Å². The number of hydrogen-bond donors (Lipinski definition) is 2. The van der Waals surface area contributed by atoms with Crippen molar-refractivity contribution >= 4 is 28.9 Å². The number of anilines is 1. The van der Waals surface area contributed by atoms with Gasteiger partial charge in [-0.2, -0.15) is 13.2 Å². The molecule has 0 bridgehead atoms. The second-order valence-electron chi connectivity index (χ2n) is 8.10. The zero-order valence-corrected chi connectivity index (χ0v) is 19.7. The van der Waals surface area contributed by atoms with E-state index in [1.54, 1.807) is 36.4 Å². The Morgan fingerprint density at radius 3 is 2.58 bits per heavy atom. The SMILES string of the molecule is O=C(O)CCNCC(=O)N1CCc2c1ccc(OCc1cc(-c3ccccc3)c(C(F)(F)F)s1)c2F. The number of halogens is 4. The van der Waals surface area contributed by atoms with Gasteiger partial charge in [0, 0.05) is 29.1 Å². The highest BCUT2D eigenvalue weighted by atomic mass is 32.1. The molecule has 1 aromatic heterocycles. The molecule has 190 valence electrons. The molecule has 3 aromatic rings. The molecule has 0 saturated heterocycles. The largest absolute Gasteiger partial charge is 0.485 e. The topological polar surface area (TPSA) is 78.9 Å². The summed E-state index contributed by atoms with van der Waals surface area (Å²) in [5.41, 5.74) is 1.16. The lowest BCUT2D eigenvalue weighted by molar-refractivity contribution is -0.137. The number of aliphatic carboxylic acids is 1. The molecule has 1 amide bonds. The summed E-state index contributed by atoms with van der Waals surface area (Å²) in [6.07, 6.45) is -4.40.